The smallest absolute Gasteiger partial charge is 0.0654 e. The van der Waals surface area contributed by atoms with Gasteiger partial charge in [-0.05, 0) is 29.5 Å². The van der Waals surface area contributed by atoms with Gasteiger partial charge in [0.05, 0.1) is 24.6 Å². The molecule has 0 unspecified atom stereocenters. The first kappa shape index (κ1) is 30.6. The zero-order valence-electron chi connectivity index (χ0n) is 24.3. The van der Waals surface area contributed by atoms with E-state index in [4.69, 9.17) is 0 Å². The van der Waals surface area contributed by atoms with Gasteiger partial charge < -0.3 is 0 Å². The molecule has 0 heterocycles. The van der Waals surface area contributed by atoms with E-state index in [1.807, 2.05) is 0 Å². The van der Waals surface area contributed by atoms with Crippen LogP contribution in [0.15, 0.2) is 91.0 Å². The average molecular weight is 530 g/mol. The summed E-state index contributed by atoms with van der Waals surface area (Å²) in [4.78, 5) is 0. The highest BCUT2D eigenvalue weighted by Crippen LogP contribution is 2.67. The second-order valence-corrected chi connectivity index (χ2v) is 15.7. The van der Waals surface area contributed by atoms with Gasteiger partial charge in [0, 0.05) is 7.26 Å². The van der Waals surface area contributed by atoms with E-state index in [0.717, 1.165) is 0 Å². The predicted molar refractivity (Wildman–Crippen MR) is 173 cm³/mol. The monoisotopic (exact) mass is 529 g/mol. The number of unbranched alkanes of at least 4 members (excludes halogenated alkanes) is 13. The Labute approximate surface area is 236 Å². The highest BCUT2D eigenvalue weighted by atomic mass is 31.2. The molecule has 0 aliphatic heterocycles. The van der Waals surface area contributed by atoms with Crippen LogP contribution in [0, 0.1) is 0 Å². The summed E-state index contributed by atoms with van der Waals surface area (Å²) < 4.78 is 0. The first-order valence-corrected chi connectivity index (χ1v) is 18.3. The van der Waals surface area contributed by atoms with Gasteiger partial charge in [0.1, 0.15) is 0 Å². The zero-order chi connectivity index (χ0) is 26.6. The molecule has 0 nitrogen and oxygen atoms in total. The molecule has 3 aromatic rings. The molecule has 3 rings (SSSR count). The van der Waals surface area contributed by atoms with Crippen LogP contribution in [0.5, 0.6) is 0 Å². The molecule has 38 heavy (non-hydrogen) atoms. The first-order valence-electron chi connectivity index (χ1n) is 15.8. The highest BCUT2D eigenvalue weighted by molar-refractivity contribution is 7.73. The van der Waals surface area contributed by atoms with E-state index < -0.39 is 7.26 Å². The van der Waals surface area contributed by atoms with Crippen LogP contribution in [0.3, 0.4) is 0 Å². The summed E-state index contributed by atoms with van der Waals surface area (Å²) in [5.74, 6) is 0. The molecule has 0 N–H and O–H groups in total. The van der Waals surface area contributed by atoms with Crippen LogP contribution in [0.4, 0.5) is 0 Å². The van der Waals surface area contributed by atoms with Crippen molar-refractivity contribution in [2.75, 3.05) is 6.16 Å². The molecule has 206 valence electrons. The normalized spacial score (nSPS) is 11.6. The fourth-order valence-corrected chi connectivity index (χ4v) is 10.6. The number of hydrogen-bond acceptors (Lipinski definition) is 0. The SMILES string of the molecule is CCCCCCCCCCCCCCCC[P+](Cc1ccccc1)(Cc1ccccc1)Cc1ccccc1. The molecule has 0 atom stereocenters. The van der Waals surface area contributed by atoms with Crippen molar-refractivity contribution >= 4 is 7.26 Å². The van der Waals surface area contributed by atoms with Crippen molar-refractivity contribution in [3.8, 4) is 0 Å². The summed E-state index contributed by atoms with van der Waals surface area (Å²) in [5, 5.41) is 0. The van der Waals surface area contributed by atoms with Crippen molar-refractivity contribution in [2.24, 2.45) is 0 Å². The molecule has 0 radical (unpaired) electrons. The number of hydrogen-bond donors (Lipinski definition) is 0. The number of benzene rings is 3. The maximum Gasteiger partial charge on any atom is 0.0849 e. The van der Waals surface area contributed by atoms with E-state index in [9.17, 15) is 0 Å². The van der Waals surface area contributed by atoms with E-state index in [0.29, 0.717) is 0 Å². The highest BCUT2D eigenvalue weighted by Gasteiger charge is 2.37. The van der Waals surface area contributed by atoms with Gasteiger partial charge in [0.25, 0.3) is 0 Å². The molecule has 0 aliphatic carbocycles. The van der Waals surface area contributed by atoms with E-state index in [-0.39, 0.29) is 0 Å². The molecule has 0 fully saturated rings. The Balaban J connectivity index is 1.49. The third-order valence-corrected chi connectivity index (χ3v) is 12.4. The fraction of sp³-hybridized carbons (Fsp3) is 0.514. The number of rotatable bonds is 21. The van der Waals surface area contributed by atoms with Crippen molar-refractivity contribution in [3.63, 3.8) is 0 Å². The first-order chi connectivity index (χ1) is 18.8. The molecule has 3 aromatic carbocycles. The summed E-state index contributed by atoms with van der Waals surface area (Å²) in [6.07, 6.45) is 25.2. The third-order valence-electron chi connectivity index (χ3n) is 8.07. The molecule has 0 bridgehead atoms. The van der Waals surface area contributed by atoms with Gasteiger partial charge in [-0.25, -0.2) is 0 Å². The van der Waals surface area contributed by atoms with Crippen LogP contribution in [-0.4, -0.2) is 6.16 Å². The van der Waals surface area contributed by atoms with E-state index in [1.165, 1.54) is 131 Å². The van der Waals surface area contributed by atoms with E-state index >= 15 is 0 Å². The predicted octanol–water partition coefficient (Wildman–Crippen LogP) is 12.1. The van der Waals surface area contributed by atoms with E-state index in [2.05, 4.69) is 97.9 Å². The molecule has 0 amide bonds. The summed E-state index contributed by atoms with van der Waals surface area (Å²) in [7, 11) is -1.25. The molecule has 1 heteroatoms. The molecular weight excluding hydrogens is 475 g/mol. The quantitative estimate of drug-likeness (QED) is 0.0950. The maximum absolute atomic E-state index is 2.36. The van der Waals surface area contributed by atoms with Gasteiger partial charge >= 0.3 is 0 Å². The van der Waals surface area contributed by atoms with Gasteiger partial charge in [0.2, 0.25) is 0 Å². The van der Waals surface area contributed by atoms with Crippen molar-refractivity contribution in [2.45, 2.75) is 115 Å². The lowest BCUT2D eigenvalue weighted by atomic mass is 10.0. The van der Waals surface area contributed by atoms with Crippen LogP contribution in [0.1, 0.15) is 114 Å². The Morgan fingerprint density at radius 2 is 0.658 bits per heavy atom. The Kier molecular flexibility index (Phi) is 15.5. The summed E-state index contributed by atoms with van der Waals surface area (Å²) in [6, 6.07) is 34.0. The summed E-state index contributed by atoms with van der Waals surface area (Å²) in [6.45, 7) is 2.30. The average Bonchev–Trinajstić information content (AvgIpc) is 2.95. The molecule has 0 aromatic heterocycles. The van der Waals surface area contributed by atoms with Crippen molar-refractivity contribution in [1.29, 1.82) is 0 Å². The third kappa shape index (κ3) is 12.8. The Morgan fingerprint density at radius 3 is 0.974 bits per heavy atom. The molecular formula is C37H54P+. The Morgan fingerprint density at radius 1 is 0.368 bits per heavy atom. The molecule has 0 saturated heterocycles. The Hall–Kier alpha value is -1.91. The minimum atomic E-state index is -1.25. The van der Waals surface area contributed by atoms with Gasteiger partial charge in [-0.2, -0.15) is 0 Å². The van der Waals surface area contributed by atoms with Gasteiger partial charge in [-0.15, -0.1) is 0 Å². The minimum Gasteiger partial charge on any atom is -0.0654 e. The molecule has 0 saturated carbocycles. The van der Waals surface area contributed by atoms with Crippen LogP contribution in [-0.2, 0) is 18.5 Å². The molecule has 0 spiro atoms. The maximum atomic E-state index is 2.36. The van der Waals surface area contributed by atoms with Crippen LogP contribution >= 0.6 is 7.26 Å². The van der Waals surface area contributed by atoms with Crippen LogP contribution in [0.2, 0.25) is 0 Å². The van der Waals surface area contributed by atoms with Gasteiger partial charge in [0.15, 0.2) is 0 Å². The van der Waals surface area contributed by atoms with Crippen molar-refractivity contribution < 1.29 is 0 Å². The lowest BCUT2D eigenvalue weighted by molar-refractivity contribution is 0.538. The second kappa shape index (κ2) is 19.2. The van der Waals surface area contributed by atoms with Crippen molar-refractivity contribution in [3.05, 3.63) is 108 Å². The van der Waals surface area contributed by atoms with Crippen LogP contribution in [0.25, 0.3) is 0 Å². The summed E-state index contributed by atoms with van der Waals surface area (Å²) in [5.41, 5.74) is 4.58. The van der Waals surface area contributed by atoms with Crippen LogP contribution < -0.4 is 0 Å². The Bertz CT molecular complexity index is 833. The van der Waals surface area contributed by atoms with E-state index in [1.54, 1.807) is 0 Å². The lowest BCUT2D eigenvalue weighted by Gasteiger charge is -2.29. The second-order valence-electron chi connectivity index (χ2n) is 11.6. The molecule has 0 aliphatic rings. The fourth-order valence-electron chi connectivity index (χ4n) is 5.96. The zero-order valence-corrected chi connectivity index (χ0v) is 25.2. The largest absolute Gasteiger partial charge is 0.0849 e. The van der Waals surface area contributed by atoms with Gasteiger partial charge in [-0.3, -0.25) is 0 Å². The lowest BCUT2D eigenvalue weighted by Crippen LogP contribution is -2.09. The van der Waals surface area contributed by atoms with Crippen molar-refractivity contribution in [1.82, 2.24) is 0 Å². The topological polar surface area (TPSA) is 0 Å². The van der Waals surface area contributed by atoms with Gasteiger partial charge in [-0.1, -0.05) is 175 Å². The standard InChI is InChI=1S/C37H54P/c1-2-3-4-5-6-7-8-9-10-11-12-13-14-24-31-38(32-35-25-18-15-19-26-35,33-36-27-20-16-21-28-36)34-37-29-22-17-23-30-37/h15-23,25-30H,2-14,24,31-34H2,1H3/q+1. The minimum absolute atomic E-state index is 1.25. The summed E-state index contributed by atoms with van der Waals surface area (Å²) >= 11 is 0.